The summed E-state index contributed by atoms with van der Waals surface area (Å²) < 4.78 is 0. The van der Waals surface area contributed by atoms with E-state index in [0.29, 0.717) is 6.42 Å². The maximum atomic E-state index is 13.1. The van der Waals surface area contributed by atoms with E-state index in [9.17, 15) is 19.8 Å². The number of H-pyrrole nitrogens is 1. The van der Waals surface area contributed by atoms with Crippen molar-refractivity contribution in [2.75, 3.05) is 6.61 Å². The van der Waals surface area contributed by atoms with Gasteiger partial charge in [-0.1, -0.05) is 48.5 Å². The number of fused-ring (bicyclic) bond motifs is 1. The zero-order valence-electron chi connectivity index (χ0n) is 16.2. The van der Waals surface area contributed by atoms with Crippen LogP contribution in [0, 0.1) is 0 Å². The maximum absolute atomic E-state index is 13.1. The first kappa shape index (κ1) is 20.4. The van der Waals surface area contributed by atoms with Crippen LogP contribution in [0.4, 0.5) is 4.79 Å². The smallest absolute Gasteiger partial charge is 0.405 e. The number of carboxylic acid groups (broad SMARTS) is 1. The number of benzene rings is 2. The highest BCUT2D eigenvalue weighted by Gasteiger charge is 2.37. The van der Waals surface area contributed by atoms with Gasteiger partial charge in [0.15, 0.2) is 0 Å². The van der Waals surface area contributed by atoms with Crippen LogP contribution < -0.4 is 10.6 Å². The number of para-hydroxylation sites is 1. The average molecular weight is 395 g/mol. The fourth-order valence-electron chi connectivity index (χ4n) is 3.48. The van der Waals surface area contributed by atoms with Gasteiger partial charge >= 0.3 is 6.09 Å². The van der Waals surface area contributed by atoms with Crippen molar-refractivity contribution in [3.8, 4) is 0 Å². The predicted molar refractivity (Wildman–Crippen MR) is 111 cm³/mol. The Morgan fingerprint density at radius 1 is 1.10 bits per heavy atom. The molecule has 3 aromatic rings. The van der Waals surface area contributed by atoms with Gasteiger partial charge in [0.1, 0.15) is 5.54 Å². The quantitative estimate of drug-likeness (QED) is 0.403. The van der Waals surface area contributed by atoms with Crippen LogP contribution in [0.1, 0.15) is 18.1 Å². The summed E-state index contributed by atoms with van der Waals surface area (Å²) >= 11 is 0. The highest BCUT2D eigenvalue weighted by atomic mass is 16.4. The molecule has 152 valence electrons. The number of aliphatic hydroxyl groups is 1. The lowest BCUT2D eigenvalue weighted by Crippen LogP contribution is -2.60. The van der Waals surface area contributed by atoms with E-state index in [1.165, 1.54) is 0 Å². The number of nitrogens with one attached hydrogen (secondary N) is 3. The van der Waals surface area contributed by atoms with Gasteiger partial charge in [-0.3, -0.25) is 4.79 Å². The number of aromatic amines is 1. The van der Waals surface area contributed by atoms with E-state index in [4.69, 9.17) is 0 Å². The molecule has 7 nitrogen and oxygen atoms in total. The Labute approximate surface area is 168 Å². The lowest BCUT2D eigenvalue weighted by molar-refractivity contribution is -0.127. The molecule has 0 saturated carbocycles. The van der Waals surface area contributed by atoms with Crippen molar-refractivity contribution in [1.82, 2.24) is 15.6 Å². The van der Waals surface area contributed by atoms with E-state index in [0.717, 1.165) is 22.0 Å². The minimum absolute atomic E-state index is 0.165. The summed E-state index contributed by atoms with van der Waals surface area (Å²) in [6, 6.07) is 16.6. The molecule has 3 rings (SSSR count). The monoisotopic (exact) mass is 395 g/mol. The fraction of sp³-hybridized carbons (Fsp3) is 0.273. The summed E-state index contributed by atoms with van der Waals surface area (Å²) in [7, 11) is 0. The Kier molecular flexibility index (Phi) is 6.19. The summed E-state index contributed by atoms with van der Waals surface area (Å²) in [6.45, 7) is 1.30. The van der Waals surface area contributed by atoms with Crippen molar-refractivity contribution < 1.29 is 19.8 Å². The summed E-state index contributed by atoms with van der Waals surface area (Å²) in [4.78, 5) is 27.6. The van der Waals surface area contributed by atoms with Crippen LogP contribution in [0.15, 0.2) is 60.8 Å². The number of hydrogen-bond donors (Lipinski definition) is 5. The number of carbonyl (C=O) groups is 2. The third-order valence-electron chi connectivity index (χ3n) is 4.98. The minimum Gasteiger partial charge on any atom is -0.465 e. The summed E-state index contributed by atoms with van der Waals surface area (Å²) in [5.74, 6) is -0.486. The van der Waals surface area contributed by atoms with Gasteiger partial charge in [0.2, 0.25) is 5.91 Å². The van der Waals surface area contributed by atoms with Gasteiger partial charge in [-0.05, 0) is 30.5 Å². The SMILES string of the molecule is C[C@](Cc1c[nH]c2ccccc12)(NC(=O)O)C(=O)N[C@@H](CO)Cc1ccccc1. The predicted octanol–water partition coefficient (Wildman–Crippen LogP) is 2.46. The standard InChI is InChI=1S/C22H25N3O4/c1-22(25-21(28)29,12-16-13-23-19-10-6-5-9-18(16)19)20(27)24-17(14-26)11-15-7-3-2-4-8-15/h2-10,13,17,23,25-26H,11-12,14H2,1H3,(H,24,27)(H,28,29)/t17-,22-/m1/s1. The van der Waals surface area contributed by atoms with Gasteiger partial charge < -0.3 is 25.8 Å². The molecule has 5 N–H and O–H groups in total. The van der Waals surface area contributed by atoms with E-state index < -0.39 is 23.6 Å². The molecule has 0 spiro atoms. The van der Waals surface area contributed by atoms with E-state index >= 15 is 0 Å². The van der Waals surface area contributed by atoms with Crippen LogP contribution in [-0.4, -0.2) is 45.4 Å². The van der Waals surface area contributed by atoms with Crippen LogP contribution in [0.25, 0.3) is 10.9 Å². The van der Waals surface area contributed by atoms with Crippen LogP contribution in [0.2, 0.25) is 0 Å². The van der Waals surface area contributed by atoms with Crippen LogP contribution in [0.5, 0.6) is 0 Å². The molecule has 2 atom stereocenters. The Morgan fingerprint density at radius 3 is 2.48 bits per heavy atom. The van der Waals surface area contributed by atoms with Gasteiger partial charge in [-0.25, -0.2) is 4.79 Å². The molecule has 0 aliphatic carbocycles. The van der Waals surface area contributed by atoms with Gasteiger partial charge in [0.05, 0.1) is 12.6 Å². The number of rotatable bonds is 8. The first-order valence-electron chi connectivity index (χ1n) is 9.43. The molecule has 29 heavy (non-hydrogen) atoms. The van der Waals surface area contributed by atoms with Crippen LogP contribution >= 0.6 is 0 Å². The van der Waals surface area contributed by atoms with Gasteiger partial charge in [-0.2, -0.15) is 0 Å². The highest BCUT2D eigenvalue weighted by molar-refractivity contribution is 5.91. The third-order valence-corrected chi connectivity index (χ3v) is 4.98. The van der Waals surface area contributed by atoms with E-state index in [2.05, 4.69) is 15.6 Å². The highest BCUT2D eigenvalue weighted by Crippen LogP contribution is 2.23. The second kappa shape index (κ2) is 8.79. The van der Waals surface area contributed by atoms with Crippen molar-refractivity contribution in [3.63, 3.8) is 0 Å². The molecule has 0 saturated heterocycles. The molecule has 0 bridgehead atoms. The Hall–Kier alpha value is -3.32. The zero-order valence-corrected chi connectivity index (χ0v) is 16.2. The first-order chi connectivity index (χ1) is 13.9. The minimum atomic E-state index is -1.40. The van der Waals surface area contributed by atoms with E-state index in [1.54, 1.807) is 13.1 Å². The Morgan fingerprint density at radius 2 is 1.79 bits per heavy atom. The Bertz CT molecular complexity index is 986. The van der Waals surface area contributed by atoms with Gasteiger partial charge in [-0.15, -0.1) is 0 Å². The Balaban J connectivity index is 1.80. The van der Waals surface area contributed by atoms with Crippen molar-refractivity contribution in [1.29, 1.82) is 0 Å². The zero-order chi connectivity index (χ0) is 20.9. The number of amides is 2. The van der Waals surface area contributed by atoms with Gasteiger partial charge in [0.25, 0.3) is 0 Å². The van der Waals surface area contributed by atoms with Crippen molar-refractivity contribution in [2.45, 2.75) is 31.3 Å². The van der Waals surface area contributed by atoms with E-state index in [-0.39, 0.29) is 13.0 Å². The van der Waals surface area contributed by atoms with Crippen molar-refractivity contribution in [2.24, 2.45) is 0 Å². The molecule has 7 heteroatoms. The third kappa shape index (κ3) is 4.94. The summed E-state index contributed by atoms with van der Waals surface area (Å²) in [5.41, 5.74) is 1.31. The molecular weight excluding hydrogens is 370 g/mol. The molecule has 2 amide bonds. The van der Waals surface area contributed by atoms with Crippen molar-refractivity contribution in [3.05, 3.63) is 71.9 Å². The topological polar surface area (TPSA) is 114 Å². The number of carbonyl (C=O) groups excluding carboxylic acids is 1. The number of aliphatic hydroxyl groups excluding tert-OH is 1. The lowest BCUT2D eigenvalue weighted by Gasteiger charge is -2.30. The summed E-state index contributed by atoms with van der Waals surface area (Å²) in [6.07, 6.45) is 1.11. The molecule has 2 aromatic carbocycles. The fourth-order valence-corrected chi connectivity index (χ4v) is 3.48. The molecular formula is C22H25N3O4. The second-order valence-corrected chi connectivity index (χ2v) is 7.34. The van der Waals surface area contributed by atoms with E-state index in [1.807, 2.05) is 54.6 Å². The molecule has 0 unspecified atom stereocenters. The van der Waals surface area contributed by atoms with Crippen LogP contribution in [0.3, 0.4) is 0 Å². The second-order valence-electron chi connectivity index (χ2n) is 7.34. The largest absolute Gasteiger partial charge is 0.465 e. The number of aromatic nitrogens is 1. The van der Waals surface area contributed by atoms with Gasteiger partial charge in [0, 0.05) is 23.5 Å². The molecule has 1 heterocycles. The first-order valence-corrected chi connectivity index (χ1v) is 9.43. The maximum Gasteiger partial charge on any atom is 0.405 e. The normalized spacial score (nSPS) is 14.1. The molecule has 0 radical (unpaired) electrons. The lowest BCUT2D eigenvalue weighted by atomic mass is 9.91. The number of hydrogen-bond acceptors (Lipinski definition) is 3. The molecule has 1 aromatic heterocycles. The molecule has 0 aliphatic rings. The average Bonchev–Trinajstić information content (AvgIpc) is 3.10. The summed E-state index contributed by atoms with van der Waals surface area (Å²) in [5, 5.41) is 25.1. The molecule has 0 aliphatic heterocycles. The van der Waals surface area contributed by atoms with Crippen LogP contribution in [-0.2, 0) is 17.6 Å². The molecule has 0 fully saturated rings. The van der Waals surface area contributed by atoms with Crippen molar-refractivity contribution >= 4 is 22.9 Å².